The number of rotatable bonds is 4. The van der Waals surface area contributed by atoms with Crippen molar-refractivity contribution in [2.75, 3.05) is 20.2 Å². The van der Waals surface area contributed by atoms with E-state index in [0.717, 1.165) is 12.5 Å². The first-order valence-corrected chi connectivity index (χ1v) is 8.04. The number of methoxy groups -OCH3 is 1. The minimum absolute atomic E-state index is 0.0665. The van der Waals surface area contributed by atoms with E-state index >= 15 is 0 Å². The van der Waals surface area contributed by atoms with Gasteiger partial charge in [0.2, 0.25) is 0 Å². The number of nitrogens with zero attached hydrogens (tertiary/aromatic N) is 1. The van der Waals surface area contributed by atoms with Crippen molar-refractivity contribution in [3.8, 4) is 5.75 Å². The highest BCUT2D eigenvalue weighted by Crippen LogP contribution is 2.27. The molecule has 0 N–H and O–H groups in total. The van der Waals surface area contributed by atoms with E-state index < -0.39 is 17.5 Å². The normalized spacial score (nSPS) is 17.0. The molecule has 0 aliphatic carbocycles. The van der Waals surface area contributed by atoms with E-state index in [1.54, 1.807) is 4.90 Å². The molecule has 1 aliphatic rings. The maximum Gasteiger partial charge on any atom is 0.257 e. The molecule has 1 aliphatic heterocycles. The van der Waals surface area contributed by atoms with Crippen LogP contribution in [0.5, 0.6) is 5.75 Å². The minimum Gasteiger partial charge on any atom is -0.493 e. The summed E-state index contributed by atoms with van der Waals surface area (Å²) in [7, 11) is 1.32. The van der Waals surface area contributed by atoms with Crippen LogP contribution < -0.4 is 4.74 Å². The summed E-state index contributed by atoms with van der Waals surface area (Å²) in [6, 6.07) is 7.69. The third-order valence-electron chi connectivity index (χ3n) is 4.42. The van der Waals surface area contributed by atoms with Gasteiger partial charge < -0.3 is 9.64 Å². The van der Waals surface area contributed by atoms with Crippen molar-refractivity contribution in [1.82, 2.24) is 4.90 Å². The lowest BCUT2D eigenvalue weighted by molar-refractivity contribution is 0.0782. The van der Waals surface area contributed by atoms with Crippen LogP contribution in [0.4, 0.5) is 13.2 Å². The SMILES string of the molecule is COc1c(F)cccc1C(=O)N1CCC(Cc2cc(F)cc(F)c2)C1. The Morgan fingerprint density at radius 2 is 1.92 bits per heavy atom. The molecule has 2 aromatic carbocycles. The molecule has 3 nitrogen and oxygen atoms in total. The Labute approximate surface area is 144 Å². The van der Waals surface area contributed by atoms with Gasteiger partial charge in [0.05, 0.1) is 12.7 Å². The quantitative estimate of drug-likeness (QED) is 0.840. The van der Waals surface area contributed by atoms with Crippen LogP contribution in [-0.2, 0) is 6.42 Å². The number of carbonyl (C=O) groups is 1. The van der Waals surface area contributed by atoms with Crippen LogP contribution in [0, 0.1) is 23.4 Å². The van der Waals surface area contributed by atoms with Crippen molar-refractivity contribution < 1.29 is 22.7 Å². The summed E-state index contributed by atoms with van der Waals surface area (Å²) in [5.41, 5.74) is 0.750. The van der Waals surface area contributed by atoms with Gasteiger partial charge >= 0.3 is 0 Å². The summed E-state index contributed by atoms with van der Waals surface area (Å²) < 4.78 is 45.4. The van der Waals surface area contributed by atoms with Crippen LogP contribution in [0.2, 0.25) is 0 Å². The number of ether oxygens (including phenoxy) is 1. The fourth-order valence-corrected chi connectivity index (χ4v) is 3.30. The van der Waals surface area contributed by atoms with Gasteiger partial charge in [-0.1, -0.05) is 6.07 Å². The number of amides is 1. The van der Waals surface area contributed by atoms with Gasteiger partial charge in [-0.2, -0.15) is 0 Å². The lowest BCUT2D eigenvalue weighted by Crippen LogP contribution is -2.29. The van der Waals surface area contributed by atoms with Crippen LogP contribution in [0.25, 0.3) is 0 Å². The van der Waals surface area contributed by atoms with Gasteiger partial charge in [0.25, 0.3) is 5.91 Å². The van der Waals surface area contributed by atoms with Gasteiger partial charge in [-0.05, 0) is 48.6 Å². The highest BCUT2D eigenvalue weighted by atomic mass is 19.1. The molecule has 0 radical (unpaired) electrons. The smallest absolute Gasteiger partial charge is 0.257 e. The molecule has 25 heavy (non-hydrogen) atoms. The molecule has 0 bridgehead atoms. The van der Waals surface area contributed by atoms with Crippen LogP contribution in [-0.4, -0.2) is 31.0 Å². The second kappa shape index (κ2) is 7.17. The zero-order valence-corrected chi connectivity index (χ0v) is 13.8. The summed E-state index contributed by atoms with van der Waals surface area (Å²) in [5, 5.41) is 0. The van der Waals surface area contributed by atoms with Gasteiger partial charge in [0.15, 0.2) is 11.6 Å². The largest absolute Gasteiger partial charge is 0.493 e. The molecule has 0 spiro atoms. The van der Waals surface area contributed by atoms with E-state index in [4.69, 9.17) is 4.74 Å². The van der Waals surface area contributed by atoms with Crippen LogP contribution in [0.15, 0.2) is 36.4 Å². The topological polar surface area (TPSA) is 29.5 Å². The zero-order valence-electron chi connectivity index (χ0n) is 13.8. The number of likely N-dealkylation sites (tertiary alicyclic amines) is 1. The number of para-hydroxylation sites is 1. The van der Waals surface area contributed by atoms with Crippen molar-refractivity contribution in [3.05, 3.63) is 65.0 Å². The lowest BCUT2D eigenvalue weighted by atomic mass is 9.98. The predicted octanol–water partition coefficient (Wildman–Crippen LogP) is 3.82. The number of halogens is 3. The summed E-state index contributed by atoms with van der Waals surface area (Å²) in [6.45, 7) is 0.970. The standard InChI is InChI=1S/C19H18F3NO2/c1-25-18-16(3-2-4-17(18)22)19(24)23-6-5-12(11-23)7-13-8-14(20)10-15(21)9-13/h2-4,8-10,12H,5-7,11H2,1H3. The molecular weight excluding hydrogens is 331 g/mol. The Hall–Kier alpha value is -2.50. The molecule has 6 heteroatoms. The summed E-state index contributed by atoms with van der Waals surface area (Å²) >= 11 is 0. The van der Waals surface area contributed by atoms with E-state index in [0.29, 0.717) is 25.1 Å². The molecule has 1 unspecified atom stereocenters. The lowest BCUT2D eigenvalue weighted by Gasteiger charge is -2.18. The zero-order chi connectivity index (χ0) is 18.0. The second-order valence-corrected chi connectivity index (χ2v) is 6.21. The molecule has 2 aromatic rings. The van der Waals surface area contributed by atoms with Crippen molar-refractivity contribution in [3.63, 3.8) is 0 Å². The molecule has 132 valence electrons. The fourth-order valence-electron chi connectivity index (χ4n) is 3.30. The summed E-state index contributed by atoms with van der Waals surface area (Å²) in [4.78, 5) is 14.3. The number of hydrogen-bond acceptors (Lipinski definition) is 2. The van der Waals surface area contributed by atoms with Crippen LogP contribution in [0.3, 0.4) is 0 Å². The maximum absolute atomic E-state index is 13.8. The average molecular weight is 349 g/mol. The Bertz CT molecular complexity index is 774. The summed E-state index contributed by atoms with van der Waals surface area (Å²) in [5.74, 6) is -2.06. The average Bonchev–Trinajstić information content (AvgIpc) is 3.01. The molecule has 1 saturated heterocycles. The van der Waals surface area contributed by atoms with Gasteiger partial charge in [-0.15, -0.1) is 0 Å². The van der Waals surface area contributed by atoms with Crippen LogP contribution in [0.1, 0.15) is 22.3 Å². The van der Waals surface area contributed by atoms with Gasteiger partial charge in [-0.25, -0.2) is 13.2 Å². The molecule has 3 rings (SSSR count). The van der Waals surface area contributed by atoms with Gasteiger partial charge in [0.1, 0.15) is 11.6 Å². The van der Waals surface area contributed by atoms with Crippen molar-refractivity contribution >= 4 is 5.91 Å². The Balaban J connectivity index is 1.70. The van der Waals surface area contributed by atoms with E-state index in [-0.39, 0.29) is 23.1 Å². The van der Waals surface area contributed by atoms with Crippen LogP contribution >= 0.6 is 0 Å². The molecule has 0 aromatic heterocycles. The number of hydrogen-bond donors (Lipinski definition) is 0. The van der Waals surface area contributed by atoms with Crippen molar-refractivity contribution in [2.45, 2.75) is 12.8 Å². The minimum atomic E-state index is -0.606. The maximum atomic E-state index is 13.8. The molecule has 1 atom stereocenters. The first-order valence-electron chi connectivity index (χ1n) is 8.04. The Morgan fingerprint density at radius 3 is 2.60 bits per heavy atom. The number of benzene rings is 2. The molecule has 1 fully saturated rings. The highest BCUT2D eigenvalue weighted by molar-refractivity contribution is 5.97. The molecule has 1 heterocycles. The Morgan fingerprint density at radius 1 is 1.20 bits per heavy atom. The van der Waals surface area contributed by atoms with Crippen molar-refractivity contribution in [2.24, 2.45) is 5.92 Å². The highest BCUT2D eigenvalue weighted by Gasteiger charge is 2.29. The second-order valence-electron chi connectivity index (χ2n) is 6.21. The monoisotopic (exact) mass is 349 g/mol. The first-order chi connectivity index (χ1) is 12.0. The fraction of sp³-hybridized carbons (Fsp3) is 0.316. The predicted molar refractivity (Wildman–Crippen MR) is 87.0 cm³/mol. The molecule has 1 amide bonds. The molecular formula is C19H18F3NO2. The van der Waals surface area contributed by atoms with E-state index in [9.17, 15) is 18.0 Å². The number of carbonyl (C=O) groups excluding carboxylic acids is 1. The van der Waals surface area contributed by atoms with Gasteiger partial charge in [-0.3, -0.25) is 4.79 Å². The summed E-state index contributed by atoms with van der Waals surface area (Å²) in [6.07, 6.45) is 1.21. The molecule has 0 saturated carbocycles. The van der Waals surface area contributed by atoms with Crippen molar-refractivity contribution in [1.29, 1.82) is 0 Å². The third kappa shape index (κ3) is 3.78. The first kappa shape index (κ1) is 17.3. The van der Waals surface area contributed by atoms with E-state index in [2.05, 4.69) is 0 Å². The van der Waals surface area contributed by atoms with Gasteiger partial charge in [0, 0.05) is 19.2 Å². The third-order valence-corrected chi connectivity index (χ3v) is 4.42. The van der Waals surface area contributed by atoms with E-state index in [1.165, 1.54) is 37.4 Å². The Kier molecular flexibility index (Phi) is 4.97. The van der Waals surface area contributed by atoms with E-state index in [1.807, 2.05) is 0 Å².